The van der Waals surface area contributed by atoms with Crippen molar-refractivity contribution in [2.75, 3.05) is 21.3 Å². The molecule has 0 saturated carbocycles. The van der Waals surface area contributed by atoms with Gasteiger partial charge in [0.1, 0.15) is 5.75 Å². The van der Waals surface area contributed by atoms with Gasteiger partial charge in [-0.3, -0.25) is 0 Å². The maximum Gasteiger partial charge on any atom is 0.230 e. The fourth-order valence-corrected chi connectivity index (χ4v) is 2.43. The van der Waals surface area contributed by atoms with E-state index in [1.807, 2.05) is 42.5 Å². The third kappa shape index (κ3) is 2.73. The third-order valence-corrected chi connectivity index (χ3v) is 3.51. The summed E-state index contributed by atoms with van der Waals surface area (Å²) >= 11 is 0. The normalized spacial score (nSPS) is 10.4. The molecule has 0 atom stereocenters. The van der Waals surface area contributed by atoms with Gasteiger partial charge < -0.3 is 18.6 Å². The predicted octanol–water partition coefficient (Wildman–Crippen LogP) is 4.03. The number of benzene rings is 2. The van der Waals surface area contributed by atoms with Crippen LogP contribution in [0.2, 0.25) is 0 Å². The molecule has 5 nitrogen and oxygen atoms in total. The Morgan fingerprint density at radius 1 is 0.783 bits per heavy atom. The van der Waals surface area contributed by atoms with Crippen molar-refractivity contribution in [3.63, 3.8) is 0 Å². The van der Waals surface area contributed by atoms with Crippen LogP contribution in [0.1, 0.15) is 0 Å². The monoisotopic (exact) mass is 311 g/mol. The second-order valence-corrected chi connectivity index (χ2v) is 4.77. The molecular formula is C18H17NO4. The highest BCUT2D eigenvalue weighted by Gasteiger charge is 2.17. The van der Waals surface area contributed by atoms with Crippen molar-refractivity contribution in [3.8, 4) is 40.0 Å². The summed E-state index contributed by atoms with van der Waals surface area (Å²) < 4.78 is 22.0. The first-order valence-electron chi connectivity index (χ1n) is 7.09. The second-order valence-electron chi connectivity index (χ2n) is 4.77. The number of para-hydroxylation sites is 2. The van der Waals surface area contributed by atoms with Crippen molar-refractivity contribution in [1.29, 1.82) is 0 Å². The minimum Gasteiger partial charge on any atom is -0.496 e. The Hall–Kier alpha value is -2.95. The first-order valence-corrected chi connectivity index (χ1v) is 7.09. The van der Waals surface area contributed by atoms with Crippen molar-refractivity contribution >= 4 is 0 Å². The number of oxazole rings is 1. The number of ether oxygens (including phenoxy) is 3. The average molecular weight is 311 g/mol. The summed E-state index contributed by atoms with van der Waals surface area (Å²) in [7, 11) is 4.81. The van der Waals surface area contributed by atoms with Crippen LogP contribution < -0.4 is 14.2 Å². The van der Waals surface area contributed by atoms with Gasteiger partial charge in [0.05, 0.1) is 38.7 Å². The van der Waals surface area contributed by atoms with Crippen molar-refractivity contribution in [1.82, 2.24) is 4.98 Å². The maximum absolute atomic E-state index is 5.91. The van der Waals surface area contributed by atoms with Crippen LogP contribution in [0.4, 0.5) is 0 Å². The number of aromatic nitrogens is 1. The van der Waals surface area contributed by atoms with Crippen molar-refractivity contribution in [2.45, 2.75) is 0 Å². The molecule has 5 heteroatoms. The Bertz CT molecular complexity index is 810. The van der Waals surface area contributed by atoms with Crippen LogP contribution in [0, 0.1) is 0 Å². The number of methoxy groups -OCH3 is 3. The smallest absolute Gasteiger partial charge is 0.230 e. The molecule has 0 aliphatic heterocycles. The molecule has 0 radical (unpaired) electrons. The summed E-state index contributed by atoms with van der Waals surface area (Å²) in [6.45, 7) is 0. The van der Waals surface area contributed by atoms with Gasteiger partial charge in [-0.15, -0.1) is 0 Å². The summed E-state index contributed by atoms with van der Waals surface area (Å²) in [5.74, 6) is 3.03. The summed E-state index contributed by atoms with van der Waals surface area (Å²) in [4.78, 5) is 4.36. The van der Waals surface area contributed by atoms with E-state index in [2.05, 4.69) is 4.98 Å². The number of hydrogen-bond acceptors (Lipinski definition) is 5. The summed E-state index contributed by atoms with van der Waals surface area (Å²) in [6.07, 6.45) is 1.67. The summed E-state index contributed by atoms with van der Waals surface area (Å²) in [6, 6.07) is 13.2. The fourth-order valence-electron chi connectivity index (χ4n) is 2.43. The van der Waals surface area contributed by atoms with Crippen LogP contribution in [0.3, 0.4) is 0 Å². The molecule has 0 amide bonds. The molecule has 0 saturated heterocycles. The standard InChI is InChI=1S/C18H17NO4/c1-20-14-9-5-4-7-12(14)16-11-19-18(23-16)13-8-6-10-15(21-2)17(13)22-3/h4-11H,1-3H3. The Morgan fingerprint density at radius 3 is 2.22 bits per heavy atom. The Kier molecular flexibility index (Phi) is 4.19. The Labute approximate surface area is 134 Å². The molecule has 0 N–H and O–H groups in total. The lowest BCUT2D eigenvalue weighted by Gasteiger charge is -2.10. The lowest BCUT2D eigenvalue weighted by molar-refractivity contribution is 0.355. The van der Waals surface area contributed by atoms with E-state index in [-0.39, 0.29) is 0 Å². The zero-order chi connectivity index (χ0) is 16.2. The predicted molar refractivity (Wildman–Crippen MR) is 87.0 cm³/mol. The van der Waals surface area contributed by atoms with E-state index in [1.165, 1.54) is 0 Å². The molecule has 3 aromatic rings. The number of nitrogens with zero attached hydrogens (tertiary/aromatic N) is 1. The van der Waals surface area contributed by atoms with E-state index in [9.17, 15) is 0 Å². The van der Waals surface area contributed by atoms with E-state index in [0.29, 0.717) is 23.1 Å². The molecule has 23 heavy (non-hydrogen) atoms. The Balaban J connectivity index is 2.06. The highest BCUT2D eigenvalue weighted by Crippen LogP contribution is 2.39. The van der Waals surface area contributed by atoms with Gasteiger partial charge in [-0.2, -0.15) is 0 Å². The molecule has 2 aromatic carbocycles. The molecule has 0 aliphatic carbocycles. The molecular weight excluding hydrogens is 294 g/mol. The van der Waals surface area contributed by atoms with Crippen LogP contribution in [-0.2, 0) is 0 Å². The maximum atomic E-state index is 5.91. The minimum atomic E-state index is 0.460. The van der Waals surface area contributed by atoms with Gasteiger partial charge in [-0.1, -0.05) is 18.2 Å². The van der Waals surface area contributed by atoms with E-state index in [1.54, 1.807) is 27.5 Å². The van der Waals surface area contributed by atoms with Crippen molar-refractivity contribution < 1.29 is 18.6 Å². The Morgan fingerprint density at radius 2 is 1.48 bits per heavy atom. The molecule has 0 aliphatic rings. The highest BCUT2D eigenvalue weighted by atomic mass is 16.5. The second kappa shape index (κ2) is 6.44. The average Bonchev–Trinajstić information content (AvgIpc) is 3.10. The van der Waals surface area contributed by atoms with E-state index in [4.69, 9.17) is 18.6 Å². The molecule has 0 unspecified atom stereocenters. The molecule has 3 rings (SSSR count). The van der Waals surface area contributed by atoms with Crippen LogP contribution in [-0.4, -0.2) is 26.3 Å². The van der Waals surface area contributed by atoms with E-state index >= 15 is 0 Å². The van der Waals surface area contributed by atoms with Gasteiger partial charge in [0.25, 0.3) is 0 Å². The van der Waals surface area contributed by atoms with E-state index < -0.39 is 0 Å². The third-order valence-electron chi connectivity index (χ3n) is 3.51. The van der Waals surface area contributed by atoms with Gasteiger partial charge in [-0.25, -0.2) is 4.98 Å². The molecule has 0 bridgehead atoms. The van der Waals surface area contributed by atoms with Gasteiger partial charge in [-0.05, 0) is 24.3 Å². The van der Waals surface area contributed by atoms with Crippen LogP contribution >= 0.6 is 0 Å². The number of rotatable bonds is 5. The van der Waals surface area contributed by atoms with Gasteiger partial charge >= 0.3 is 0 Å². The van der Waals surface area contributed by atoms with Crippen molar-refractivity contribution in [3.05, 3.63) is 48.7 Å². The molecule has 0 fully saturated rings. The van der Waals surface area contributed by atoms with Crippen LogP contribution in [0.15, 0.2) is 53.1 Å². The van der Waals surface area contributed by atoms with Gasteiger partial charge in [0, 0.05) is 0 Å². The minimum absolute atomic E-state index is 0.460. The van der Waals surface area contributed by atoms with Crippen molar-refractivity contribution in [2.24, 2.45) is 0 Å². The van der Waals surface area contributed by atoms with Gasteiger partial charge in [0.15, 0.2) is 17.3 Å². The molecule has 0 spiro atoms. The SMILES string of the molecule is COc1ccccc1-c1cnc(-c2cccc(OC)c2OC)o1. The zero-order valence-corrected chi connectivity index (χ0v) is 13.2. The molecule has 1 heterocycles. The largest absolute Gasteiger partial charge is 0.496 e. The quantitative estimate of drug-likeness (QED) is 0.712. The highest BCUT2D eigenvalue weighted by molar-refractivity contribution is 5.71. The lowest BCUT2D eigenvalue weighted by Crippen LogP contribution is -1.93. The number of hydrogen-bond donors (Lipinski definition) is 0. The molecule has 118 valence electrons. The summed E-state index contributed by atoms with van der Waals surface area (Å²) in [5, 5.41) is 0. The first kappa shape index (κ1) is 15.0. The van der Waals surface area contributed by atoms with Crippen LogP contribution in [0.5, 0.6) is 17.2 Å². The van der Waals surface area contributed by atoms with Crippen LogP contribution in [0.25, 0.3) is 22.8 Å². The fraction of sp³-hybridized carbons (Fsp3) is 0.167. The van der Waals surface area contributed by atoms with E-state index in [0.717, 1.165) is 16.9 Å². The summed E-state index contributed by atoms with van der Waals surface area (Å²) in [5.41, 5.74) is 1.57. The topological polar surface area (TPSA) is 53.7 Å². The first-order chi connectivity index (χ1) is 11.3. The van der Waals surface area contributed by atoms with Gasteiger partial charge in [0.2, 0.25) is 5.89 Å². The lowest BCUT2D eigenvalue weighted by atomic mass is 10.1. The molecule has 1 aromatic heterocycles. The zero-order valence-electron chi connectivity index (χ0n) is 13.2.